The van der Waals surface area contributed by atoms with Crippen LogP contribution >= 0.6 is 0 Å². The fraction of sp³-hybridized carbons (Fsp3) is 0.647. The molecule has 0 radical (unpaired) electrons. The predicted molar refractivity (Wildman–Crippen MR) is 79.7 cm³/mol. The van der Waals surface area contributed by atoms with Crippen LogP contribution < -0.4 is 4.74 Å². The second kappa shape index (κ2) is 5.58. The minimum Gasteiger partial charge on any atom is -0.496 e. The van der Waals surface area contributed by atoms with E-state index in [0.717, 1.165) is 30.8 Å². The van der Waals surface area contributed by atoms with Crippen molar-refractivity contribution in [2.45, 2.75) is 38.3 Å². The summed E-state index contributed by atoms with van der Waals surface area (Å²) in [7, 11) is 1.61. The van der Waals surface area contributed by atoms with Crippen LogP contribution in [0.5, 0.6) is 5.75 Å². The topological polar surface area (TPSA) is 32.7 Å². The predicted octanol–water partition coefficient (Wildman–Crippen LogP) is 2.82. The van der Waals surface area contributed by atoms with Crippen molar-refractivity contribution in [1.82, 2.24) is 4.90 Å². The zero-order valence-corrected chi connectivity index (χ0v) is 12.8. The Hall–Kier alpha value is -1.13. The summed E-state index contributed by atoms with van der Waals surface area (Å²) in [6, 6.07) is 4.65. The molecule has 3 nitrogen and oxygen atoms in total. The summed E-state index contributed by atoms with van der Waals surface area (Å²) in [5.74, 6) is 1.26. The molecule has 0 amide bonds. The molecule has 0 spiro atoms. The van der Waals surface area contributed by atoms with Gasteiger partial charge in [0.2, 0.25) is 0 Å². The number of hydrogen-bond acceptors (Lipinski definition) is 3. The lowest BCUT2D eigenvalue weighted by atomic mass is 9.78. The van der Waals surface area contributed by atoms with Crippen molar-refractivity contribution in [2.75, 3.05) is 20.2 Å². The Labute approximate surface area is 125 Å². The largest absolute Gasteiger partial charge is 0.496 e. The minimum absolute atomic E-state index is 0.231. The molecule has 21 heavy (non-hydrogen) atoms. The van der Waals surface area contributed by atoms with Gasteiger partial charge in [0.1, 0.15) is 11.6 Å². The summed E-state index contributed by atoms with van der Waals surface area (Å²) in [6.45, 7) is 4.52. The van der Waals surface area contributed by atoms with Gasteiger partial charge in [0.05, 0.1) is 12.7 Å². The van der Waals surface area contributed by atoms with Gasteiger partial charge < -0.3 is 9.84 Å². The zero-order valence-electron chi connectivity index (χ0n) is 12.8. The molecule has 3 rings (SSSR count). The van der Waals surface area contributed by atoms with Crippen molar-refractivity contribution in [1.29, 1.82) is 0 Å². The maximum Gasteiger partial charge on any atom is 0.123 e. The Morgan fingerprint density at radius 3 is 2.81 bits per heavy atom. The van der Waals surface area contributed by atoms with E-state index in [9.17, 15) is 9.50 Å². The number of halogens is 1. The van der Waals surface area contributed by atoms with Gasteiger partial charge in [-0.1, -0.05) is 6.92 Å². The third-order valence-corrected chi connectivity index (χ3v) is 5.13. The highest BCUT2D eigenvalue weighted by atomic mass is 19.1. The lowest BCUT2D eigenvalue weighted by Gasteiger charge is -2.43. The molecule has 4 heteroatoms. The van der Waals surface area contributed by atoms with Crippen molar-refractivity contribution in [3.8, 4) is 5.75 Å². The quantitative estimate of drug-likeness (QED) is 0.926. The van der Waals surface area contributed by atoms with E-state index >= 15 is 0 Å². The Morgan fingerprint density at radius 2 is 2.19 bits per heavy atom. The molecule has 1 aliphatic heterocycles. The first kappa shape index (κ1) is 14.8. The fourth-order valence-corrected chi connectivity index (χ4v) is 3.67. The van der Waals surface area contributed by atoms with Crippen LogP contribution in [0.4, 0.5) is 4.39 Å². The van der Waals surface area contributed by atoms with Crippen LogP contribution in [-0.2, 0) is 6.54 Å². The lowest BCUT2D eigenvalue weighted by Crippen LogP contribution is -2.51. The number of rotatable bonds is 4. The van der Waals surface area contributed by atoms with Gasteiger partial charge in [0.15, 0.2) is 0 Å². The summed E-state index contributed by atoms with van der Waals surface area (Å²) >= 11 is 0. The van der Waals surface area contributed by atoms with Crippen molar-refractivity contribution in [3.63, 3.8) is 0 Å². The smallest absolute Gasteiger partial charge is 0.123 e. The van der Waals surface area contributed by atoms with Gasteiger partial charge in [-0.2, -0.15) is 0 Å². The summed E-state index contributed by atoms with van der Waals surface area (Å²) in [6.07, 6.45) is 3.15. The van der Waals surface area contributed by atoms with Crippen molar-refractivity contribution in [2.24, 2.45) is 11.8 Å². The molecular weight excluding hydrogens is 269 g/mol. The highest BCUT2D eigenvalue weighted by Crippen LogP contribution is 2.47. The highest BCUT2D eigenvalue weighted by Gasteiger charge is 2.49. The second-order valence-electron chi connectivity index (χ2n) is 6.61. The Bertz CT molecular complexity index is 518. The molecule has 2 aliphatic rings. The van der Waals surface area contributed by atoms with Crippen molar-refractivity contribution >= 4 is 0 Å². The average Bonchev–Trinajstić information content (AvgIpc) is 3.28. The number of piperidine rings is 1. The normalized spacial score (nSPS) is 30.4. The summed E-state index contributed by atoms with van der Waals surface area (Å²) in [5, 5.41) is 10.8. The van der Waals surface area contributed by atoms with Gasteiger partial charge >= 0.3 is 0 Å². The number of benzene rings is 1. The fourth-order valence-electron chi connectivity index (χ4n) is 3.67. The summed E-state index contributed by atoms with van der Waals surface area (Å²) in [5.41, 5.74) is 0.393. The molecule has 1 aliphatic carbocycles. The van der Waals surface area contributed by atoms with Gasteiger partial charge in [-0.3, -0.25) is 4.90 Å². The molecule has 2 fully saturated rings. The first-order valence-electron chi connectivity index (χ1n) is 7.80. The van der Waals surface area contributed by atoms with Crippen LogP contribution in [0.1, 0.15) is 31.7 Å². The van der Waals surface area contributed by atoms with Gasteiger partial charge in [-0.05, 0) is 49.3 Å². The minimum atomic E-state index is -0.484. The zero-order chi connectivity index (χ0) is 15.0. The monoisotopic (exact) mass is 293 g/mol. The molecule has 1 saturated carbocycles. The average molecular weight is 293 g/mol. The third-order valence-electron chi connectivity index (χ3n) is 5.13. The van der Waals surface area contributed by atoms with Crippen LogP contribution in [0.15, 0.2) is 18.2 Å². The molecule has 1 saturated heterocycles. The van der Waals surface area contributed by atoms with E-state index in [1.807, 2.05) is 0 Å². The first-order valence-corrected chi connectivity index (χ1v) is 7.80. The second-order valence-corrected chi connectivity index (χ2v) is 6.61. The van der Waals surface area contributed by atoms with E-state index in [1.165, 1.54) is 18.9 Å². The highest BCUT2D eigenvalue weighted by molar-refractivity contribution is 5.34. The Balaban J connectivity index is 1.68. The Kier molecular flexibility index (Phi) is 3.93. The van der Waals surface area contributed by atoms with Gasteiger partial charge in [0, 0.05) is 25.2 Å². The van der Waals surface area contributed by atoms with E-state index in [1.54, 1.807) is 19.2 Å². The van der Waals surface area contributed by atoms with Gasteiger partial charge in [-0.15, -0.1) is 0 Å². The summed E-state index contributed by atoms with van der Waals surface area (Å²) in [4.78, 5) is 2.29. The van der Waals surface area contributed by atoms with Crippen LogP contribution in [0.25, 0.3) is 0 Å². The van der Waals surface area contributed by atoms with Crippen molar-refractivity contribution < 1.29 is 14.2 Å². The summed E-state index contributed by atoms with van der Waals surface area (Å²) < 4.78 is 18.8. The van der Waals surface area contributed by atoms with Crippen molar-refractivity contribution in [3.05, 3.63) is 29.6 Å². The van der Waals surface area contributed by atoms with Crippen LogP contribution in [-0.4, -0.2) is 35.8 Å². The molecule has 116 valence electrons. The molecule has 0 bridgehead atoms. The molecule has 2 atom stereocenters. The molecular formula is C17H24FNO2. The van der Waals surface area contributed by atoms with E-state index in [2.05, 4.69) is 11.8 Å². The molecule has 0 unspecified atom stereocenters. The number of methoxy groups -OCH3 is 1. The Morgan fingerprint density at radius 1 is 1.43 bits per heavy atom. The van der Waals surface area contributed by atoms with Crippen LogP contribution in [0.2, 0.25) is 0 Å². The number of aliphatic hydroxyl groups is 1. The number of hydrogen-bond donors (Lipinski definition) is 1. The van der Waals surface area contributed by atoms with Gasteiger partial charge in [0.25, 0.3) is 0 Å². The lowest BCUT2D eigenvalue weighted by molar-refractivity contribution is -0.0833. The number of likely N-dealkylation sites (tertiary alicyclic amines) is 1. The third kappa shape index (κ3) is 2.92. The number of nitrogens with zero attached hydrogens (tertiary/aromatic N) is 1. The van der Waals surface area contributed by atoms with E-state index in [4.69, 9.17) is 4.74 Å². The number of ether oxygens (including phenoxy) is 1. The maximum atomic E-state index is 13.4. The maximum absolute atomic E-state index is 13.4. The van der Waals surface area contributed by atoms with E-state index in [-0.39, 0.29) is 11.7 Å². The van der Waals surface area contributed by atoms with Crippen LogP contribution in [0, 0.1) is 17.7 Å². The van der Waals surface area contributed by atoms with E-state index in [0.29, 0.717) is 12.5 Å². The molecule has 1 aromatic carbocycles. The molecule has 0 aromatic heterocycles. The van der Waals surface area contributed by atoms with E-state index < -0.39 is 5.60 Å². The standard InChI is InChI=1S/C17H24FNO2/c1-12-10-19(8-7-17(12,20)14-3-4-14)11-13-9-15(18)5-6-16(13)21-2/h5-6,9,12,14,20H,3-4,7-8,10-11H2,1-2H3/t12-,17+/m1/s1. The van der Waals surface area contributed by atoms with Gasteiger partial charge in [-0.25, -0.2) is 4.39 Å². The SMILES string of the molecule is COc1ccc(F)cc1CN1CC[C@@](O)(C2CC2)[C@H](C)C1. The molecule has 1 N–H and O–H groups in total. The molecule has 1 heterocycles. The molecule has 1 aromatic rings. The first-order chi connectivity index (χ1) is 10.0. The van der Waals surface area contributed by atoms with Crippen LogP contribution in [0.3, 0.4) is 0 Å².